The monoisotopic (exact) mass is 390 g/mol. The molecule has 0 unspecified atom stereocenters. The Morgan fingerprint density at radius 1 is 1.42 bits per heavy atom. The number of carbonyl (C=O) groups is 1. The maximum Gasteiger partial charge on any atom is 0.225 e. The van der Waals surface area contributed by atoms with Crippen LogP contribution in [-0.4, -0.2) is 29.0 Å². The molecule has 1 aliphatic heterocycles. The minimum atomic E-state index is -0.00384. The van der Waals surface area contributed by atoms with Crippen LogP contribution in [0.4, 0.5) is 5.82 Å². The van der Waals surface area contributed by atoms with E-state index in [2.05, 4.69) is 52.5 Å². The molecule has 0 saturated carbocycles. The van der Waals surface area contributed by atoms with Crippen molar-refractivity contribution in [3.8, 4) is 0 Å². The van der Waals surface area contributed by atoms with Gasteiger partial charge < -0.3 is 10.6 Å². The summed E-state index contributed by atoms with van der Waals surface area (Å²) in [5.74, 6) is 1.13. The van der Waals surface area contributed by atoms with Crippen molar-refractivity contribution in [2.45, 2.75) is 25.7 Å². The van der Waals surface area contributed by atoms with Crippen molar-refractivity contribution in [3.63, 3.8) is 0 Å². The van der Waals surface area contributed by atoms with Crippen molar-refractivity contribution in [1.82, 2.24) is 15.3 Å². The van der Waals surface area contributed by atoms with Crippen LogP contribution in [0.2, 0.25) is 0 Å². The number of aromatic nitrogens is 2. The molecular formula is C12H16Br2N4O. The van der Waals surface area contributed by atoms with Gasteiger partial charge in [-0.2, -0.15) is 0 Å². The number of piperidine rings is 1. The molecule has 104 valence electrons. The number of hydrogen-bond donors (Lipinski definition) is 2. The number of anilines is 1. The van der Waals surface area contributed by atoms with E-state index in [1.165, 1.54) is 0 Å². The van der Waals surface area contributed by atoms with E-state index in [0.29, 0.717) is 27.4 Å². The Morgan fingerprint density at radius 2 is 2.16 bits per heavy atom. The van der Waals surface area contributed by atoms with Gasteiger partial charge in [0.1, 0.15) is 9.21 Å². The van der Waals surface area contributed by atoms with Crippen molar-refractivity contribution >= 4 is 43.6 Å². The average molecular weight is 392 g/mol. The van der Waals surface area contributed by atoms with Gasteiger partial charge in [-0.1, -0.05) is 0 Å². The Balaban J connectivity index is 1.80. The van der Waals surface area contributed by atoms with Gasteiger partial charge >= 0.3 is 0 Å². The fraction of sp³-hybridized carbons (Fsp3) is 0.583. The van der Waals surface area contributed by atoms with Gasteiger partial charge in [0, 0.05) is 6.42 Å². The largest absolute Gasteiger partial charge is 0.317 e. The van der Waals surface area contributed by atoms with E-state index < -0.39 is 0 Å². The third-order valence-electron chi connectivity index (χ3n) is 3.20. The lowest BCUT2D eigenvalue weighted by Gasteiger charge is -2.22. The van der Waals surface area contributed by atoms with Crippen LogP contribution in [0, 0.1) is 5.92 Å². The molecule has 0 spiro atoms. The van der Waals surface area contributed by atoms with Crippen molar-refractivity contribution < 1.29 is 4.79 Å². The van der Waals surface area contributed by atoms with Crippen LogP contribution in [0.15, 0.2) is 15.4 Å². The van der Waals surface area contributed by atoms with Gasteiger partial charge in [0.15, 0.2) is 5.82 Å². The second-order valence-electron chi connectivity index (χ2n) is 4.61. The highest BCUT2D eigenvalue weighted by Gasteiger charge is 2.15. The lowest BCUT2D eigenvalue weighted by atomic mass is 9.93. The number of nitrogens with one attached hydrogen (secondary N) is 2. The fourth-order valence-corrected chi connectivity index (χ4v) is 3.04. The molecule has 0 radical (unpaired) electrons. The van der Waals surface area contributed by atoms with E-state index in [-0.39, 0.29) is 5.91 Å². The highest BCUT2D eigenvalue weighted by atomic mass is 79.9. The first-order chi connectivity index (χ1) is 9.15. The van der Waals surface area contributed by atoms with Crippen molar-refractivity contribution in [2.24, 2.45) is 5.92 Å². The third-order valence-corrected chi connectivity index (χ3v) is 4.13. The Morgan fingerprint density at radius 3 is 2.84 bits per heavy atom. The summed E-state index contributed by atoms with van der Waals surface area (Å²) >= 11 is 6.50. The molecule has 1 aromatic rings. The number of rotatable bonds is 4. The van der Waals surface area contributed by atoms with Crippen molar-refractivity contribution in [1.29, 1.82) is 0 Å². The van der Waals surface area contributed by atoms with Gasteiger partial charge in [-0.3, -0.25) is 4.79 Å². The van der Waals surface area contributed by atoms with E-state index in [9.17, 15) is 4.79 Å². The van der Waals surface area contributed by atoms with Gasteiger partial charge in [-0.25, -0.2) is 9.97 Å². The molecule has 1 fully saturated rings. The fourth-order valence-electron chi connectivity index (χ4n) is 2.13. The first kappa shape index (κ1) is 14.9. The summed E-state index contributed by atoms with van der Waals surface area (Å²) in [6.45, 7) is 2.13. The lowest BCUT2D eigenvalue weighted by molar-refractivity contribution is -0.116. The Bertz CT molecular complexity index is 449. The summed E-state index contributed by atoms with van der Waals surface area (Å²) in [5.41, 5.74) is 0. The molecule has 2 N–H and O–H groups in total. The smallest absolute Gasteiger partial charge is 0.225 e. The molecule has 19 heavy (non-hydrogen) atoms. The number of nitrogens with zero attached hydrogens (tertiary/aromatic N) is 2. The molecular weight excluding hydrogens is 376 g/mol. The van der Waals surface area contributed by atoms with Gasteiger partial charge in [-0.15, -0.1) is 0 Å². The average Bonchev–Trinajstić information content (AvgIpc) is 2.41. The number of amides is 1. The van der Waals surface area contributed by atoms with Gasteiger partial charge in [0.25, 0.3) is 0 Å². The molecule has 1 aromatic heterocycles. The topological polar surface area (TPSA) is 66.9 Å². The molecule has 1 aliphatic rings. The van der Waals surface area contributed by atoms with Crippen LogP contribution in [0.3, 0.4) is 0 Å². The van der Waals surface area contributed by atoms with E-state index in [1.54, 1.807) is 6.20 Å². The van der Waals surface area contributed by atoms with Gasteiger partial charge in [-0.05, 0) is 70.1 Å². The summed E-state index contributed by atoms with van der Waals surface area (Å²) < 4.78 is 1.17. The Kier molecular flexibility index (Phi) is 5.72. The maximum absolute atomic E-state index is 11.9. The summed E-state index contributed by atoms with van der Waals surface area (Å²) in [6, 6.07) is 0. The second-order valence-corrected chi connectivity index (χ2v) is 6.18. The minimum absolute atomic E-state index is 0.00384. The van der Waals surface area contributed by atoms with Crippen molar-refractivity contribution in [2.75, 3.05) is 18.4 Å². The maximum atomic E-state index is 11.9. The van der Waals surface area contributed by atoms with Crippen LogP contribution in [0.1, 0.15) is 25.7 Å². The van der Waals surface area contributed by atoms with E-state index in [4.69, 9.17) is 0 Å². The SMILES string of the molecule is O=C(CCC1CCNCC1)Nc1ncc(Br)nc1Br. The van der Waals surface area contributed by atoms with Crippen LogP contribution in [0.25, 0.3) is 0 Å². The van der Waals surface area contributed by atoms with Crippen LogP contribution in [0.5, 0.6) is 0 Å². The molecule has 5 nitrogen and oxygen atoms in total. The molecule has 7 heteroatoms. The molecule has 0 aliphatic carbocycles. The molecule has 0 bridgehead atoms. The number of carbonyl (C=O) groups excluding carboxylic acids is 1. The predicted molar refractivity (Wildman–Crippen MR) is 80.9 cm³/mol. The minimum Gasteiger partial charge on any atom is -0.317 e. The highest BCUT2D eigenvalue weighted by Crippen LogP contribution is 2.21. The summed E-state index contributed by atoms with van der Waals surface area (Å²) in [7, 11) is 0. The molecule has 1 saturated heterocycles. The molecule has 2 heterocycles. The summed E-state index contributed by atoms with van der Waals surface area (Å²) in [5, 5.41) is 6.11. The first-order valence-electron chi connectivity index (χ1n) is 6.34. The Labute approximate surface area is 129 Å². The normalized spacial score (nSPS) is 16.3. The van der Waals surface area contributed by atoms with Gasteiger partial charge in [0.2, 0.25) is 5.91 Å². The zero-order chi connectivity index (χ0) is 13.7. The van der Waals surface area contributed by atoms with E-state index in [1.807, 2.05) is 0 Å². The number of hydrogen-bond acceptors (Lipinski definition) is 4. The first-order valence-corrected chi connectivity index (χ1v) is 7.92. The zero-order valence-corrected chi connectivity index (χ0v) is 13.6. The second kappa shape index (κ2) is 7.31. The number of halogens is 2. The molecule has 2 rings (SSSR count). The summed E-state index contributed by atoms with van der Waals surface area (Å²) in [6.07, 6.45) is 5.36. The van der Waals surface area contributed by atoms with Crippen LogP contribution < -0.4 is 10.6 Å². The lowest BCUT2D eigenvalue weighted by Crippen LogP contribution is -2.28. The zero-order valence-electron chi connectivity index (χ0n) is 10.5. The standard InChI is InChI=1S/C12H16Br2N4O/c13-9-7-16-12(11(14)17-9)18-10(19)2-1-8-3-5-15-6-4-8/h7-8,15H,1-6H2,(H,16,18,19). The van der Waals surface area contributed by atoms with Gasteiger partial charge in [0.05, 0.1) is 6.20 Å². The third kappa shape index (κ3) is 4.81. The Hall–Kier alpha value is -0.530. The summed E-state index contributed by atoms with van der Waals surface area (Å²) in [4.78, 5) is 20.1. The van der Waals surface area contributed by atoms with Crippen LogP contribution >= 0.6 is 31.9 Å². The highest BCUT2D eigenvalue weighted by molar-refractivity contribution is 9.11. The molecule has 0 aromatic carbocycles. The van der Waals surface area contributed by atoms with E-state index in [0.717, 1.165) is 32.4 Å². The predicted octanol–water partition coefficient (Wildman–Crippen LogP) is 2.72. The quantitative estimate of drug-likeness (QED) is 0.827. The van der Waals surface area contributed by atoms with Crippen LogP contribution in [-0.2, 0) is 4.79 Å². The molecule has 0 atom stereocenters. The molecule has 1 amide bonds. The van der Waals surface area contributed by atoms with E-state index >= 15 is 0 Å². The van der Waals surface area contributed by atoms with Crippen molar-refractivity contribution in [3.05, 3.63) is 15.4 Å².